The molecule has 0 aliphatic carbocycles. The van der Waals surface area contributed by atoms with Gasteiger partial charge in [0.2, 0.25) is 0 Å². The zero-order chi connectivity index (χ0) is 18.5. The molecule has 0 N–H and O–H groups in total. The lowest BCUT2D eigenvalue weighted by molar-refractivity contribution is -0.168. The molecule has 0 spiro atoms. The first-order chi connectivity index (χ1) is 12.1. The maximum Gasteiger partial charge on any atom is 0.324 e. The van der Waals surface area contributed by atoms with Crippen molar-refractivity contribution in [2.24, 2.45) is 5.41 Å². The van der Waals surface area contributed by atoms with Crippen LogP contribution in [0.2, 0.25) is 0 Å². The molecule has 0 heterocycles. The van der Waals surface area contributed by atoms with Crippen molar-refractivity contribution in [2.45, 2.75) is 26.2 Å². The third-order valence-corrected chi connectivity index (χ3v) is 3.77. The van der Waals surface area contributed by atoms with E-state index < -0.39 is 17.4 Å². The quantitative estimate of drug-likeness (QED) is 0.315. The Morgan fingerprint density at radius 2 is 1.64 bits per heavy atom. The minimum Gasteiger partial charge on any atom is -0.468 e. The molecule has 1 aromatic rings. The second-order valence-electron chi connectivity index (χ2n) is 5.42. The standard InChI is InChI=1S/C21H24O4/c1-4-5-16-21(19(22)24-2,20(23)25-3)17-12-7-6-9-13-18-14-10-8-11-15-18/h6-12,14-15H,13,16-17H2,1-3H3/b9-6+,12-7+. The molecule has 1 rings (SSSR count). The van der Waals surface area contributed by atoms with Gasteiger partial charge in [-0.1, -0.05) is 54.6 Å². The Bertz CT molecular complexity index is 659. The van der Waals surface area contributed by atoms with Crippen LogP contribution in [0, 0.1) is 17.3 Å². The Morgan fingerprint density at radius 3 is 2.20 bits per heavy atom. The summed E-state index contributed by atoms with van der Waals surface area (Å²) in [5, 5.41) is 0. The molecule has 0 aromatic heterocycles. The minimum absolute atomic E-state index is 0.0565. The van der Waals surface area contributed by atoms with E-state index in [1.165, 1.54) is 19.8 Å². The molecule has 0 aliphatic heterocycles. The van der Waals surface area contributed by atoms with E-state index >= 15 is 0 Å². The number of rotatable bonds is 8. The Morgan fingerprint density at radius 1 is 1.04 bits per heavy atom. The first-order valence-corrected chi connectivity index (χ1v) is 8.02. The lowest BCUT2D eigenvalue weighted by Crippen LogP contribution is -2.40. The third-order valence-electron chi connectivity index (χ3n) is 3.77. The number of benzene rings is 1. The van der Waals surface area contributed by atoms with E-state index in [1.54, 1.807) is 13.0 Å². The van der Waals surface area contributed by atoms with Crippen LogP contribution >= 0.6 is 0 Å². The van der Waals surface area contributed by atoms with Gasteiger partial charge in [-0.25, -0.2) is 0 Å². The molecule has 0 saturated carbocycles. The number of carbonyl (C=O) groups is 2. The molecule has 0 fully saturated rings. The molecule has 0 saturated heterocycles. The monoisotopic (exact) mass is 340 g/mol. The fourth-order valence-electron chi connectivity index (χ4n) is 2.34. The first-order valence-electron chi connectivity index (χ1n) is 8.02. The van der Waals surface area contributed by atoms with Gasteiger partial charge in [0.1, 0.15) is 0 Å². The van der Waals surface area contributed by atoms with Crippen molar-refractivity contribution >= 4 is 11.9 Å². The SMILES string of the molecule is CC#CCC(C/C=C/C=C/Cc1ccccc1)(C(=O)OC)C(=O)OC. The van der Waals surface area contributed by atoms with Gasteiger partial charge in [0.25, 0.3) is 0 Å². The normalized spacial score (nSPS) is 11.2. The number of esters is 2. The molecule has 1 aromatic carbocycles. The van der Waals surface area contributed by atoms with Gasteiger partial charge < -0.3 is 9.47 Å². The largest absolute Gasteiger partial charge is 0.468 e. The highest BCUT2D eigenvalue weighted by molar-refractivity contribution is 6.00. The van der Waals surface area contributed by atoms with E-state index in [9.17, 15) is 9.59 Å². The number of hydrogen-bond acceptors (Lipinski definition) is 4. The van der Waals surface area contributed by atoms with Gasteiger partial charge in [-0.15, -0.1) is 11.8 Å². The van der Waals surface area contributed by atoms with Crippen molar-refractivity contribution in [3.63, 3.8) is 0 Å². The Kier molecular flexibility index (Phi) is 8.81. The number of hydrogen-bond donors (Lipinski definition) is 0. The number of carbonyl (C=O) groups excluding carboxylic acids is 2. The molecule has 25 heavy (non-hydrogen) atoms. The van der Waals surface area contributed by atoms with Gasteiger partial charge in [0, 0.05) is 6.42 Å². The van der Waals surface area contributed by atoms with Crippen molar-refractivity contribution in [3.8, 4) is 11.8 Å². The number of allylic oxidation sites excluding steroid dienone is 4. The average Bonchev–Trinajstić information content (AvgIpc) is 2.66. The van der Waals surface area contributed by atoms with Gasteiger partial charge in [-0.3, -0.25) is 9.59 Å². The van der Waals surface area contributed by atoms with Crippen LogP contribution in [-0.2, 0) is 25.5 Å². The highest BCUT2D eigenvalue weighted by Gasteiger charge is 2.46. The molecule has 0 amide bonds. The Balaban J connectivity index is 2.80. The summed E-state index contributed by atoms with van der Waals surface area (Å²) < 4.78 is 9.62. The maximum absolute atomic E-state index is 12.2. The summed E-state index contributed by atoms with van der Waals surface area (Å²) in [5.41, 5.74) is -0.222. The fourth-order valence-corrected chi connectivity index (χ4v) is 2.34. The van der Waals surface area contributed by atoms with E-state index in [-0.39, 0.29) is 12.8 Å². The zero-order valence-electron chi connectivity index (χ0n) is 15.0. The summed E-state index contributed by atoms with van der Waals surface area (Å²) in [5.74, 6) is 4.22. The van der Waals surface area contributed by atoms with E-state index in [0.29, 0.717) is 0 Å². The molecule has 132 valence electrons. The van der Waals surface area contributed by atoms with Gasteiger partial charge in [-0.2, -0.15) is 0 Å². The maximum atomic E-state index is 12.2. The van der Waals surface area contributed by atoms with Crippen LogP contribution in [0.5, 0.6) is 0 Å². The van der Waals surface area contributed by atoms with Crippen molar-refractivity contribution in [2.75, 3.05) is 14.2 Å². The Labute approximate surface area is 149 Å². The number of methoxy groups -OCH3 is 2. The topological polar surface area (TPSA) is 52.6 Å². The van der Waals surface area contributed by atoms with Crippen molar-refractivity contribution in [1.82, 2.24) is 0 Å². The second kappa shape index (κ2) is 10.9. The summed E-state index contributed by atoms with van der Waals surface area (Å²) in [6.07, 6.45) is 8.49. The summed E-state index contributed by atoms with van der Waals surface area (Å²) >= 11 is 0. The first kappa shape index (κ1) is 20.2. The van der Waals surface area contributed by atoms with Gasteiger partial charge >= 0.3 is 11.9 Å². The van der Waals surface area contributed by atoms with Gasteiger partial charge in [-0.05, 0) is 25.3 Å². The predicted molar refractivity (Wildman–Crippen MR) is 97.6 cm³/mol. The molecule has 0 radical (unpaired) electrons. The second-order valence-corrected chi connectivity index (χ2v) is 5.42. The molecule has 0 unspecified atom stereocenters. The minimum atomic E-state index is -1.43. The Hall–Kier alpha value is -2.80. The van der Waals surface area contributed by atoms with Gasteiger partial charge in [0.05, 0.1) is 14.2 Å². The summed E-state index contributed by atoms with van der Waals surface area (Å²) in [7, 11) is 2.51. The fraction of sp³-hybridized carbons (Fsp3) is 0.333. The van der Waals surface area contributed by atoms with Crippen molar-refractivity contribution in [1.29, 1.82) is 0 Å². The van der Waals surface area contributed by atoms with Crippen LogP contribution in [0.3, 0.4) is 0 Å². The van der Waals surface area contributed by atoms with Crippen LogP contribution in [0.15, 0.2) is 54.6 Å². The van der Waals surface area contributed by atoms with E-state index in [4.69, 9.17) is 9.47 Å². The van der Waals surface area contributed by atoms with Crippen molar-refractivity contribution < 1.29 is 19.1 Å². The van der Waals surface area contributed by atoms with Crippen LogP contribution < -0.4 is 0 Å². The summed E-state index contributed by atoms with van der Waals surface area (Å²) in [4.78, 5) is 24.4. The smallest absolute Gasteiger partial charge is 0.324 e. The highest BCUT2D eigenvalue weighted by Crippen LogP contribution is 2.30. The third kappa shape index (κ3) is 5.96. The van der Waals surface area contributed by atoms with E-state index in [0.717, 1.165) is 6.42 Å². The summed E-state index contributed by atoms with van der Waals surface area (Å²) in [6.45, 7) is 1.65. The van der Waals surface area contributed by atoms with Crippen LogP contribution in [0.25, 0.3) is 0 Å². The van der Waals surface area contributed by atoms with Crippen LogP contribution in [0.4, 0.5) is 0 Å². The average molecular weight is 340 g/mol. The molecule has 0 atom stereocenters. The molecule has 4 heteroatoms. The molecular formula is C21H24O4. The molecule has 0 aliphatic rings. The van der Waals surface area contributed by atoms with Crippen LogP contribution in [-0.4, -0.2) is 26.2 Å². The molecule has 0 bridgehead atoms. The van der Waals surface area contributed by atoms with E-state index in [1.807, 2.05) is 36.4 Å². The van der Waals surface area contributed by atoms with E-state index in [2.05, 4.69) is 24.0 Å². The number of ether oxygens (including phenoxy) is 2. The summed E-state index contributed by atoms with van der Waals surface area (Å²) in [6, 6.07) is 10.1. The predicted octanol–water partition coefficient (Wildman–Crippen LogP) is 3.48. The van der Waals surface area contributed by atoms with Gasteiger partial charge in [0.15, 0.2) is 5.41 Å². The molecule has 4 nitrogen and oxygen atoms in total. The zero-order valence-corrected chi connectivity index (χ0v) is 15.0. The lowest BCUT2D eigenvalue weighted by atomic mass is 9.81. The van der Waals surface area contributed by atoms with Crippen molar-refractivity contribution in [3.05, 3.63) is 60.2 Å². The molecular weight excluding hydrogens is 316 g/mol. The van der Waals surface area contributed by atoms with Crippen LogP contribution in [0.1, 0.15) is 25.3 Å². The highest BCUT2D eigenvalue weighted by atomic mass is 16.5. The lowest BCUT2D eigenvalue weighted by Gasteiger charge is -2.24.